The van der Waals surface area contributed by atoms with Gasteiger partial charge in [-0.05, 0) is 35.3 Å². The van der Waals surface area contributed by atoms with Gasteiger partial charge >= 0.3 is 0 Å². The maximum Gasteiger partial charge on any atom is 0.139 e. The molecule has 94 valence electrons. The maximum atomic E-state index is 13.2. The molecule has 2 atom stereocenters. The van der Waals surface area contributed by atoms with Crippen molar-refractivity contribution >= 4 is 27.3 Å². The summed E-state index contributed by atoms with van der Waals surface area (Å²) >= 11 is 3.16. The molecule has 1 aromatic rings. The van der Waals surface area contributed by atoms with E-state index in [1.165, 1.54) is 6.07 Å². The van der Waals surface area contributed by atoms with Gasteiger partial charge in [0.1, 0.15) is 5.82 Å². The number of hydrogen-bond donors (Lipinski definition) is 2. The summed E-state index contributed by atoms with van der Waals surface area (Å²) in [6.45, 7) is 3.69. The molecule has 0 spiro atoms. The van der Waals surface area contributed by atoms with Crippen LogP contribution in [0, 0.1) is 11.7 Å². The van der Waals surface area contributed by atoms with E-state index in [2.05, 4.69) is 28.2 Å². The van der Waals surface area contributed by atoms with Crippen molar-refractivity contribution in [3.63, 3.8) is 0 Å². The molecule has 1 heterocycles. The van der Waals surface area contributed by atoms with Gasteiger partial charge in [-0.2, -0.15) is 0 Å². The summed E-state index contributed by atoms with van der Waals surface area (Å²) in [4.78, 5) is 0. The molecule has 0 aliphatic carbocycles. The molecule has 1 saturated heterocycles. The Morgan fingerprint density at radius 3 is 3.00 bits per heavy atom. The summed E-state index contributed by atoms with van der Waals surface area (Å²) in [7, 11) is 0. The first-order chi connectivity index (χ1) is 8.08. The number of anilines is 2. The van der Waals surface area contributed by atoms with E-state index in [1.807, 2.05) is 0 Å². The molecule has 1 aliphatic rings. The molecule has 1 aromatic carbocycles. The van der Waals surface area contributed by atoms with Crippen LogP contribution in [0.3, 0.4) is 0 Å². The molecule has 0 aromatic heterocycles. The molecule has 2 rings (SSSR count). The Labute approximate surface area is 109 Å². The van der Waals surface area contributed by atoms with Crippen LogP contribution in [0.5, 0.6) is 0 Å². The molecule has 3 N–H and O–H groups in total. The lowest BCUT2D eigenvalue weighted by Gasteiger charge is -2.21. The van der Waals surface area contributed by atoms with Crippen molar-refractivity contribution in [1.29, 1.82) is 0 Å². The molecule has 1 aliphatic heterocycles. The fourth-order valence-electron chi connectivity index (χ4n) is 2.00. The van der Waals surface area contributed by atoms with Crippen molar-refractivity contribution in [2.24, 2.45) is 5.92 Å². The second-order valence-electron chi connectivity index (χ2n) is 4.41. The van der Waals surface area contributed by atoms with Gasteiger partial charge in [0.15, 0.2) is 0 Å². The van der Waals surface area contributed by atoms with Crippen LogP contribution in [-0.2, 0) is 4.74 Å². The van der Waals surface area contributed by atoms with Crippen LogP contribution in [0.15, 0.2) is 16.6 Å². The van der Waals surface area contributed by atoms with Crippen molar-refractivity contribution in [3.05, 3.63) is 22.4 Å². The van der Waals surface area contributed by atoms with E-state index in [9.17, 15) is 4.39 Å². The summed E-state index contributed by atoms with van der Waals surface area (Å²) in [5.41, 5.74) is 6.97. The third-order valence-corrected chi connectivity index (χ3v) is 3.76. The summed E-state index contributed by atoms with van der Waals surface area (Å²) in [6, 6.07) is 3.26. The Bertz CT molecular complexity index is 408. The van der Waals surface area contributed by atoms with Gasteiger partial charge in [-0.3, -0.25) is 0 Å². The van der Waals surface area contributed by atoms with Crippen molar-refractivity contribution in [3.8, 4) is 0 Å². The summed E-state index contributed by atoms with van der Waals surface area (Å²) in [5.74, 6) is 0.142. The molecule has 0 amide bonds. The number of benzene rings is 1. The Kier molecular flexibility index (Phi) is 3.89. The SMILES string of the molecule is CC(Nc1cc(Br)c(F)cc1N)C1CCOC1. The molecular weight excluding hydrogens is 287 g/mol. The first-order valence-corrected chi connectivity index (χ1v) is 6.46. The third-order valence-electron chi connectivity index (χ3n) is 3.15. The van der Waals surface area contributed by atoms with Crippen LogP contribution < -0.4 is 11.1 Å². The Hall–Kier alpha value is -0.810. The summed E-state index contributed by atoms with van der Waals surface area (Å²) in [6.07, 6.45) is 1.05. The Morgan fingerprint density at radius 2 is 2.35 bits per heavy atom. The van der Waals surface area contributed by atoms with Crippen LogP contribution in [0.1, 0.15) is 13.3 Å². The molecule has 17 heavy (non-hydrogen) atoms. The molecule has 2 unspecified atom stereocenters. The van der Waals surface area contributed by atoms with Gasteiger partial charge in [0.25, 0.3) is 0 Å². The van der Waals surface area contributed by atoms with Crippen molar-refractivity contribution in [2.75, 3.05) is 24.3 Å². The van der Waals surface area contributed by atoms with Crippen molar-refractivity contribution < 1.29 is 9.13 Å². The van der Waals surface area contributed by atoms with Crippen LogP contribution in [0.4, 0.5) is 15.8 Å². The largest absolute Gasteiger partial charge is 0.397 e. The highest BCUT2D eigenvalue weighted by molar-refractivity contribution is 9.10. The topological polar surface area (TPSA) is 47.3 Å². The minimum atomic E-state index is -0.343. The number of hydrogen-bond acceptors (Lipinski definition) is 3. The number of ether oxygens (including phenoxy) is 1. The minimum absolute atomic E-state index is 0.261. The quantitative estimate of drug-likeness (QED) is 0.844. The maximum absolute atomic E-state index is 13.2. The number of nitrogens with two attached hydrogens (primary N) is 1. The average molecular weight is 303 g/mol. The molecule has 5 heteroatoms. The van der Waals surface area contributed by atoms with Gasteiger partial charge in [0.05, 0.1) is 22.5 Å². The number of rotatable bonds is 3. The van der Waals surface area contributed by atoms with E-state index in [4.69, 9.17) is 10.5 Å². The number of nitrogens with one attached hydrogen (secondary N) is 1. The van der Waals surface area contributed by atoms with Crippen LogP contribution in [-0.4, -0.2) is 19.3 Å². The molecule has 0 bridgehead atoms. The lowest BCUT2D eigenvalue weighted by molar-refractivity contribution is 0.183. The van der Waals surface area contributed by atoms with Gasteiger partial charge in [-0.1, -0.05) is 0 Å². The van der Waals surface area contributed by atoms with Gasteiger partial charge < -0.3 is 15.8 Å². The summed E-state index contributed by atoms with van der Waals surface area (Å²) in [5, 5.41) is 3.32. The fourth-order valence-corrected chi connectivity index (χ4v) is 2.34. The van der Waals surface area contributed by atoms with Crippen LogP contribution >= 0.6 is 15.9 Å². The van der Waals surface area contributed by atoms with Gasteiger partial charge in [0, 0.05) is 24.6 Å². The summed E-state index contributed by atoms with van der Waals surface area (Å²) < 4.78 is 19.0. The monoisotopic (exact) mass is 302 g/mol. The van der Waals surface area contributed by atoms with E-state index in [0.29, 0.717) is 16.1 Å². The highest BCUT2D eigenvalue weighted by Crippen LogP contribution is 2.29. The van der Waals surface area contributed by atoms with Crippen molar-refractivity contribution in [1.82, 2.24) is 0 Å². The molecule has 0 radical (unpaired) electrons. The Balaban J connectivity index is 2.09. The van der Waals surface area contributed by atoms with E-state index in [-0.39, 0.29) is 11.9 Å². The van der Waals surface area contributed by atoms with Crippen LogP contribution in [0.25, 0.3) is 0 Å². The zero-order valence-electron chi connectivity index (χ0n) is 9.67. The van der Waals surface area contributed by atoms with Gasteiger partial charge in [-0.15, -0.1) is 0 Å². The molecule has 1 fully saturated rings. The second kappa shape index (κ2) is 5.23. The highest BCUT2D eigenvalue weighted by atomic mass is 79.9. The van der Waals surface area contributed by atoms with E-state index in [0.717, 1.165) is 25.3 Å². The minimum Gasteiger partial charge on any atom is -0.397 e. The third kappa shape index (κ3) is 2.90. The molecular formula is C12H16BrFN2O. The van der Waals surface area contributed by atoms with E-state index >= 15 is 0 Å². The highest BCUT2D eigenvalue weighted by Gasteiger charge is 2.22. The zero-order chi connectivity index (χ0) is 12.4. The number of nitrogen functional groups attached to an aromatic ring is 1. The predicted molar refractivity (Wildman–Crippen MR) is 70.5 cm³/mol. The standard InChI is InChI=1S/C12H16BrFN2O/c1-7(8-2-3-17-6-8)16-12-4-9(13)10(14)5-11(12)15/h4-5,7-8,16H,2-3,6,15H2,1H3. The first-order valence-electron chi connectivity index (χ1n) is 5.66. The molecule has 0 saturated carbocycles. The first kappa shape index (κ1) is 12.6. The lowest BCUT2D eigenvalue weighted by atomic mass is 10.0. The molecule has 3 nitrogen and oxygen atoms in total. The van der Waals surface area contributed by atoms with Crippen molar-refractivity contribution in [2.45, 2.75) is 19.4 Å². The Morgan fingerprint density at radius 1 is 1.59 bits per heavy atom. The van der Waals surface area contributed by atoms with Crippen LogP contribution in [0.2, 0.25) is 0 Å². The lowest BCUT2D eigenvalue weighted by Crippen LogP contribution is -2.26. The smallest absolute Gasteiger partial charge is 0.139 e. The average Bonchev–Trinajstić information content (AvgIpc) is 2.79. The van der Waals surface area contributed by atoms with Gasteiger partial charge in [0.2, 0.25) is 0 Å². The number of halogens is 2. The fraction of sp³-hybridized carbons (Fsp3) is 0.500. The van der Waals surface area contributed by atoms with E-state index < -0.39 is 0 Å². The normalized spacial score (nSPS) is 21.5. The zero-order valence-corrected chi connectivity index (χ0v) is 11.3. The second-order valence-corrected chi connectivity index (χ2v) is 5.26. The van der Waals surface area contributed by atoms with Gasteiger partial charge in [-0.25, -0.2) is 4.39 Å². The van der Waals surface area contributed by atoms with E-state index in [1.54, 1.807) is 6.07 Å². The predicted octanol–water partition coefficient (Wildman–Crippen LogP) is 3.01.